The van der Waals surface area contributed by atoms with E-state index < -0.39 is 0 Å². The summed E-state index contributed by atoms with van der Waals surface area (Å²) in [5, 5.41) is 3.52. The lowest BCUT2D eigenvalue weighted by atomic mass is 9.97. The third kappa shape index (κ3) is 6.00. The SMILES string of the molecule is CC(=O)N(CCC(=O)NCCC1=CCCCC1)c1cccc(Cl)c1. The Morgan fingerprint density at radius 3 is 2.79 bits per heavy atom. The number of carbonyl (C=O) groups excluding carboxylic acids is 2. The number of rotatable bonds is 7. The minimum atomic E-state index is -0.0996. The van der Waals surface area contributed by atoms with Crippen LogP contribution in [0, 0.1) is 0 Å². The summed E-state index contributed by atoms with van der Waals surface area (Å²) in [5.74, 6) is -0.128. The van der Waals surface area contributed by atoms with Crippen LogP contribution in [-0.4, -0.2) is 24.9 Å². The van der Waals surface area contributed by atoms with E-state index in [1.54, 1.807) is 23.1 Å². The molecule has 1 aromatic carbocycles. The lowest BCUT2D eigenvalue weighted by Crippen LogP contribution is -2.34. The molecule has 0 radical (unpaired) electrons. The van der Waals surface area contributed by atoms with Crippen LogP contribution in [0.15, 0.2) is 35.9 Å². The number of nitrogens with zero attached hydrogens (tertiary/aromatic N) is 1. The fraction of sp³-hybridized carbons (Fsp3) is 0.474. The smallest absolute Gasteiger partial charge is 0.223 e. The molecule has 0 saturated heterocycles. The van der Waals surface area contributed by atoms with Crippen LogP contribution >= 0.6 is 11.6 Å². The number of amides is 2. The molecule has 0 heterocycles. The van der Waals surface area contributed by atoms with Crippen LogP contribution in [0.1, 0.15) is 45.4 Å². The Bertz CT molecular complexity index is 613. The Kier molecular flexibility index (Phi) is 7.32. The number of anilines is 1. The zero-order valence-electron chi connectivity index (χ0n) is 14.2. The van der Waals surface area contributed by atoms with Gasteiger partial charge in [0.15, 0.2) is 0 Å². The third-order valence-electron chi connectivity index (χ3n) is 4.22. The molecule has 0 unspecified atom stereocenters. The largest absolute Gasteiger partial charge is 0.356 e. The second kappa shape index (κ2) is 9.48. The topological polar surface area (TPSA) is 49.4 Å². The first-order valence-electron chi connectivity index (χ1n) is 8.54. The molecule has 0 spiro atoms. The van der Waals surface area contributed by atoms with Crippen LogP contribution in [0.4, 0.5) is 5.69 Å². The molecule has 0 atom stereocenters. The van der Waals surface area contributed by atoms with Gasteiger partial charge < -0.3 is 10.2 Å². The molecule has 1 N–H and O–H groups in total. The second-order valence-electron chi connectivity index (χ2n) is 6.11. The summed E-state index contributed by atoms with van der Waals surface area (Å²) in [6.07, 6.45) is 8.36. The van der Waals surface area contributed by atoms with E-state index in [9.17, 15) is 9.59 Å². The lowest BCUT2D eigenvalue weighted by molar-refractivity contribution is -0.121. The van der Waals surface area contributed by atoms with Crippen molar-refractivity contribution in [3.05, 3.63) is 40.9 Å². The molecule has 5 heteroatoms. The number of hydrogen-bond donors (Lipinski definition) is 1. The van der Waals surface area contributed by atoms with Crippen molar-refractivity contribution in [3.63, 3.8) is 0 Å². The molecule has 4 nitrogen and oxygen atoms in total. The molecule has 1 aromatic rings. The maximum atomic E-state index is 12.0. The van der Waals surface area contributed by atoms with Gasteiger partial charge in [0.1, 0.15) is 0 Å². The zero-order chi connectivity index (χ0) is 17.4. The highest BCUT2D eigenvalue weighted by Gasteiger charge is 2.14. The summed E-state index contributed by atoms with van der Waals surface area (Å²) in [7, 11) is 0. The summed E-state index contributed by atoms with van der Waals surface area (Å²) in [6, 6.07) is 7.11. The Labute approximate surface area is 148 Å². The van der Waals surface area contributed by atoms with Crippen molar-refractivity contribution < 1.29 is 9.59 Å². The molecular formula is C19H25ClN2O2. The number of nitrogens with one attached hydrogen (secondary N) is 1. The molecule has 0 fully saturated rings. The van der Waals surface area contributed by atoms with Gasteiger partial charge in [0, 0.05) is 37.1 Å². The predicted octanol–water partition coefficient (Wildman–Crippen LogP) is 4.09. The first-order valence-corrected chi connectivity index (χ1v) is 8.92. The highest BCUT2D eigenvalue weighted by atomic mass is 35.5. The van der Waals surface area contributed by atoms with Gasteiger partial charge in [-0.15, -0.1) is 0 Å². The predicted molar refractivity (Wildman–Crippen MR) is 98.3 cm³/mol. The first-order chi connectivity index (χ1) is 11.6. The minimum absolute atomic E-state index is 0.0281. The standard InChI is InChI=1S/C19H25ClN2O2/c1-15(23)22(18-9-5-8-17(20)14-18)13-11-19(24)21-12-10-16-6-3-2-4-7-16/h5-6,8-9,14H,2-4,7,10-13H2,1H3,(H,21,24). The molecule has 1 aliphatic rings. The van der Waals surface area contributed by atoms with E-state index in [1.807, 2.05) is 6.07 Å². The van der Waals surface area contributed by atoms with Gasteiger partial charge in [0.05, 0.1) is 0 Å². The highest BCUT2D eigenvalue weighted by Crippen LogP contribution is 2.20. The van der Waals surface area contributed by atoms with E-state index >= 15 is 0 Å². The van der Waals surface area contributed by atoms with Gasteiger partial charge in [-0.25, -0.2) is 0 Å². The molecule has 0 saturated carbocycles. The maximum Gasteiger partial charge on any atom is 0.223 e. The van der Waals surface area contributed by atoms with E-state index in [0.717, 1.165) is 24.9 Å². The summed E-state index contributed by atoms with van der Waals surface area (Å²) in [6.45, 7) is 2.51. The van der Waals surface area contributed by atoms with Gasteiger partial charge in [-0.3, -0.25) is 9.59 Å². The first kappa shape index (κ1) is 18.5. The molecule has 2 rings (SSSR count). The monoisotopic (exact) mass is 348 g/mol. The molecule has 0 bridgehead atoms. The number of benzene rings is 1. The Hall–Kier alpha value is -1.81. The zero-order valence-corrected chi connectivity index (χ0v) is 14.9. The van der Waals surface area contributed by atoms with Crippen LogP contribution in [0.25, 0.3) is 0 Å². The quantitative estimate of drug-likeness (QED) is 0.754. The fourth-order valence-electron chi connectivity index (χ4n) is 2.91. The van der Waals surface area contributed by atoms with Gasteiger partial charge in [0.25, 0.3) is 0 Å². The van der Waals surface area contributed by atoms with E-state index in [0.29, 0.717) is 18.1 Å². The molecule has 2 amide bonds. The number of halogens is 1. The number of allylic oxidation sites excluding steroid dienone is 1. The Morgan fingerprint density at radius 2 is 2.12 bits per heavy atom. The van der Waals surface area contributed by atoms with Crippen molar-refractivity contribution in [2.75, 3.05) is 18.0 Å². The van der Waals surface area contributed by atoms with Crippen molar-refractivity contribution in [1.82, 2.24) is 5.32 Å². The van der Waals surface area contributed by atoms with Crippen LogP contribution in [0.2, 0.25) is 5.02 Å². The van der Waals surface area contributed by atoms with Crippen LogP contribution < -0.4 is 10.2 Å². The van der Waals surface area contributed by atoms with Crippen LogP contribution in [0.3, 0.4) is 0 Å². The summed E-state index contributed by atoms with van der Waals surface area (Å²) >= 11 is 5.98. The molecule has 130 valence electrons. The lowest BCUT2D eigenvalue weighted by Gasteiger charge is -2.21. The summed E-state index contributed by atoms with van der Waals surface area (Å²) < 4.78 is 0. The van der Waals surface area contributed by atoms with Crippen molar-refractivity contribution in [1.29, 1.82) is 0 Å². The average Bonchev–Trinajstić information content (AvgIpc) is 2.56. The molecule has 24 heavy (non-hydrogen) atoms. The minimum Gasteiger partial charge on any atom is -0.356 e. The van der Waals surface area contributed by atoms with E-state index in [-0.39, 0.29) is 18.2 Å². The fourth-order valence-corrected chi connectivity index (χ4v) is 3.09. The highest BCUT2D eigenvalue weighted by molar-refractivity contribution is 6.30. The van der Waals surface area contributed by atoms with Crippen LogP contribution in [-0.2, 0) is 9.59 Å². The maximum absolute atomic E-state index is 12.0. The summed E-state index contributed by atoms with van der Waals surface area (Å²) in [4.78, 5) is 25.4. The van der Waals surface area contributed by atoms with Gasteiger partial charge in [0.2, 0.25) is 11.8 Å². The van der Waals surface area contributed by atoms with Gasteiger partial charge in [-0.2, -0.15) is 0 Å². The third-order valence-corrected chi connectivity index (χ3v) is 4.45. The number of hydrogen-bond acceptors (Lipinski definition) is 2. The van der Waals surface area contributed by atoms with Crippen molar-refractivity contribution in [2.45, 2.75) is 45.4 Å². The van der Waals surface area contributed by atoms with Crippen molar-refractivity contribution in [3.8, 4) is 0 Å². The second-order valence-corrected chi connectivity index (χ2v) is 6.55. The Balaban J connectivity index is 1.78. The van der Waals surface area contributed by atoms with Crippen molar-refractivity contribution >= 4 is 29.1 Å². The summed E-state index contributed by atoms with van der Waals surface area (Å²) in [5.41, 5.74) is 2.17. The van der Waals surface area contributed by atoms with Gasteiger partial charge in [-0.1, -0.05) is 29.3 Å². The van der Waals surface area contributed by atoms with Gasteiger partial charge in [-0.05, 0) is 50.3 Å². The molecule has 1 aliphatic carbocycles. The normalized spacial score (nSPS) is 14.0. The Morgan fingerprint density at radius 1 is 1.29 bits per heavy atom. The van der Waals surface area contributed by atoms with Crippen molar-refractivity contribution in [2.24, 2.45) is 0 Å². The van der Waals surface area contributed by atoms with Gasteiger partial charge >= 0.3 is 0 Å². The van der Waals surface area contributed by atoms with Crippen LogP contribution in [0.5, 0.6) is 0 Å². The van der Waals surface area contributed by atoms with E-state index in [2.05, 4.69) is 11.4 Å². The average molecular weight is 349 g/mol. The molecule has 0 aromatic heterocycles. The molecular weight excluding hydrogens is 324 g/mol. The van der Waals surface area contributed by atoms with E-state index in [1.165, 1.54) is 25.3 Å². The number of carbonyl (C=O) groups is 2. The van der Waals surface area contributed by atoms with E-state index in [4.69, 9.17) is 11.6 Å². The molecule has 0 aliphatic heterocycles.